The number of phenolic OH excluding ortho intramolecular Hbond substituents is 1. The van der Waals surface area contributed by atoms with Crippen LogP contribution in [0.2, 0.25) is 5.02 Å². The number of anilines is 2. The summed E-state index contributed by atoms with van der Waals surface area (Å²) in [4.78, 5) is 34.6. The molecule has 0 aliphatic carbocycles. The fourth-order valence-electron chi connectivity index (χ4n) is 4.23. The summed E-state index contributed by atoms with van der Waals surface area (Å²) in [6.07, 6.45) is 4.06. The Morgan fingerprint density at radius 3 is 2.27 bits per heavy atom. The van der Waals surface area contributed by atoms with E-state index in [1.807, 2.05) is 75.1 Å². The molecule has 1 heterocycles. The third-order valence-corrected chi connectivity index (χ3v) is 6.53. The molecule has 0 fully saturated rings. The van der Waals surface area contributed by atoms with Crippen molar-refractivity contribution in [3.05, 3.63) is 75.9 Å². The van der Waals surface area contributed by atoms with E-state index < -0.39 is 0 Å². The maximum Gasteiger partial charge on any atom is 0.323 e. The maximum atomic E-state index is 12.0. The first-order valence-corrected chi connectivity index (χ1v) is 12.2. The lowest BCUT2D eigenvalue weighted by Crippen LogP contribution is -2.16. The number of halogens is 1. The lowest BCUT2D eigenvalue weighted by Gasteiger charge is -2.20. The standard InChI is InChI=1S/C28H30ClN5O3/c1-6-33(5)25-15-19(14-23-26(25)31-28(37)30-23)21-12-17(2)11-20(27(21)36)18-7-8-24(22(29)13-18)34(16-35)10-9-32(3)4/h7-16,36H,6H2,1-5H3,(H2,30,31,37)/b10-9-. The third kappa shape index (κ3) is 5.20. The highest BCUT2D eigenvalue weighted by atomic mass is 35.5. The van der Waals surface area contributed by atoms with Crippen molar-refractivity contribution < 1.29 is 9.90 Å². The summed E-state index contributed by atoms with van der Waals surface area (Å²) < 4.78 is 0. The summed E-state index contributed by atoms with van der Waals surface area (Å²) in [6, 6.07) is 12.9. The Labute approximate surface area is 220 Å². The highest BCUT2D eigenvalue weighted by Crippen LogP contribution is 2.42. The van der Waals surface area contributed by atoms with E-state index in [9.17, 15) is 14.7 Å². The molecule has 3 aromatic carbocycles. The van der Waals surface area contributed by atoms with Gasteiger partial charge in [0.05, 0.1) is 27.4 Å². The lowest BCUT2D eigenvalue weighted by molar-refractivity contribution is -0.106. The number of aryl methyl sites for hydroxylation is 1. The molecule has 0 atom stereocenters. The van der Waals surface area contributed by atoms with Gasteiger partial charge in [-0.05, 0) is 66.9 Å². The number of aromatic nitrogens is 2. The SMILES string of the molecule is CCN(C)c1cc(-c2cc(C)cc(-c3ccc(N(C=O)/C=C\N(C)C)c(Cl)c3)c2O)cc2[nH]c(=O)[nH]c12. The molecule has 0 aliphatic heterocycles. The predicted molar refractivity (Wildman–Crippen MR) is 152 cm³/mol. The smallest absolute Gasteiger partial charge is 0.323 e. The van der Waals surface area contributed by atoms with Crippen LogP contribution in [0.4, 0.5) is 11.4 Å². The largest absolute Gasteiger partial charge is 0.507 e. The number of carbonyl (C=O) groups excluding carboxylic acids is 1. The number of carbonyl (C=O) groups is 1. The Kier molecular flexibility index (Phi) is 7.31. The number of imidazole rings is 1. The van der Waals surface area contributed by atoms with Gasteiger partial charge in [0.15, 0.2) is 0 Å². The summed E-state index contributed by atoms with van der Waals surface area (Å²) in [5.41, 5.74) is 6.13. The number of phenols is 1. The van der Waals surface area contributed by atoms with E-state index in [-0.39, 0.29) is 11.4 Å². The minimum atomic E-state index is -0.286. The quantitative estimate of drug-likeness (QED) is 0.274. The van der Waals surface area contributed by atoms with E-state index in [4.69, 9.17) is 11.6 Å². The molecule has 192 valence electrons. The van der Waals surface area contributed by atoms with Gasteiger partial charge in [-0.1, -0.05) is 17.7 Å². The van der Waals surface area contributed by atoms with Gasteiger partial charge < -0.3 is 24.9 Å². The molecule has 0 radical (unpaired) electrons. The Morgan fingerprint density at radius 1 is 0.946 bits per heavy atom. The number of benzene rings is 3. The molecule has 0 saturated heterocycles. The molecule has 4 aromatic rings. The zero-order valence-electron chi connectivity index (χ0n) is 21.5. The van der Waals surface area contributed by atoms with Crippen molar-refractivity contribution in [3.63, 3.8) is 0 Å². The van der Waals surface area contributed by atoms with E-state index in [0.29, 0.717) is 39.3 Å². The highest BCUT2D eigenvalue weighted by Gasteiger charge is 2.18. The number of nitrogens with one attached hydrogen (secondary N) is 2. The zero-order valence-corrected chi connectivity index (χ0v) is 22.2. The van der Waals surface area contributed by atoms with Gasteiger partial charge in [-0.2, -0.15) is 0 Å². The number of aromatic amines is 2. The van der Waals surface area contributed by atoms with Crippen LogP contribution in [0.3, 0.4) is 0 Å². The van der Waals surface area contributed by atoms with E-state index >= 15 is 0 Å². The first-order chi connectivity index (χ1) is 17.6. The van der Waals surface area contributed by atoms with Crippen molar-refractivity contribution in [2.45, 2.75) is 13.8 Å². The Hall–Kier alpha value is -4.17. The van der Waals surface area contributed by atoms with Crippen LogP contribution in [-0.2, 0) is 4.79 Å². The number of fused-ring (bicyclic) bond motifs is 1. The van der Waals surface area contributed by atoms with Crippen LogP contribution >= 0.6 is 11.6 Å². The van der Waals surface area contributed by atoms with Gasteiger partial charge in [0, 0.05) is 51.2 Å². The molecule has 0 bridgehead atoms. The Morgan fingerprint density at radius 2 is 1.65 bits per heavy atom. The van der Waals surface area contributed by atoms with Crippen molar-refractivity contribution in [3.8, 4) is 28.0 Å². The number of nitrogens with zero attached hydrogens (tertiary/aromatic N) is 3. The number of hydrogen-bond acceptors (Lipinski definition) is 5. The summed E-state index contributed by atoms with van der Waals surface area (Å²) in [5, 5.41) is 11.8. The molecule has 1 aromatic heterocycles. The molecule has 1 amide bonds. The average Bonchev–Trinajstić information content (AvgIpc) is 3.25. The third-order valence-electron chi connectivity index (χ3n) is 6.23. The molecule has 0 saturated carbocycles. The number of H-pyrrole nitrogens is 2. The van der Waals surface area contributed by atoms with Gasteiger partial charge in [0.25, 0.3) is 0 Å². The van der Waals surface area contributed by atoms with Gasteiger partial charge >= 0.3 is 5.69 Å². The van der Waals surface area contributed by atoms with Crippen LogP contribution in [0.25, 0.3) is 33.3 Å². The van der Waals surface area contributed by atoms with E-state index in [0.717, 1.165) is 28.9 Å². The molecule has 8 nitrogen and oxygen atoms in total. The molecule has 4 rings (SSSR count). The van der Waals surface area contributed by atoms with Gasteiger partial charge in [0.2, 0.25) is 6.41 Å². The molecule has 0 spiro atoms. The maximum absolute atomic E-state index is 12.0. The van der Waals surface area contributed by atoms with Gasteiger partial charge in [0.1, 0.15) is 5.75 Å². The molecule has 3 N–H and O–H groups in total. The number of amides is 1. The molecule has 0 aliphatic rings. The second kappa shape index (κ2) is 10.4. The predicted octanol–water partition coefficient (Wildman–Crippen LogP) is 5.31. The van der Waals surface area contributed by atoms with E-state index in [2.05, 4.69) is 9.97 Å². The average molecular weight is 520 g/mol. The van der Waals surface area contributed by atoms with Crippen LogP contribution in [0.1, 0.15) is 12.5 Å². The monoisotopic (exact) mass is 519 g/mol. The van der Waals surface area contributed by atoms with Crippen molar-refractivity contribution in [2.75, 3.05) is 37.5 Å². The molecule has 37 heavy (non-hydrogen) atoms. The second-order valence-electron chi connectivity index (χ2n) is 9.16. The highest BCUT2D eigenvalue weighted by molar-refractivity contribution is 6.34. The summed E-state index contributed by atoms with van der Waals surface area (Å²) in [7, 11) is 5.67. The summed E-state index contributed by atoms with van der Waals surface area (Å²) in [6.45, 7) is 4.72. The fraction of sp³-hybridized carbons (Fsp3) is 0.214. The normalized spacial score (nSPS) is 11.3. The molecule has 9 heteroatoms. The van der Waals surface area contributed by atoms with Crippen LogP contribution in [-0.4, -0.2) is 54.1 Å². The number of rotatable bonds is 8. The van der Waals surface area contributed by atoms with Gasteiger partial charge in [-0.15, -0.1) is 0 Å². The minimum absolute atomic E-state index is 0.0940. The molecular formula is C28H30ClN5O3. The van der Waals surface area contributed by atoms with Crippen LogP contribution in [0.5, 0.6) is 5.75 Å². The van der Waals surface area contributed by atoms with Crippen LogP contribution in [0, 0.1) is 6.92 Å². The van der Waals surface area contributed by atoms with Crippen molar-refractivity contribution >= 4 is 40.4 Å². The second-order valence-corrected chi connectivity index (χ2v) is 9.57. The van der Waals surface area contributed by atoms with E-state index in [1.165, 1.54) is 4.90 Å². The number of aromatic hydroxyl groups is 1. The molecular weight excluding hydrogens is 490 g/mol. The zero-order chi connectivity index (χ0) is 26.9. The number of hydrogen-bond donors (Lipinski definition) is 3. The lowest BCUT2D eigenvalue weighted by atomic mass is 9.94. The fourth-order valence-corrected chi connectivity index (χ4v) is 4.51. The minimum Gasteiger partial charge on any atom is -0.507 e. The van der Waals surface area contributed by atoms with Crippen molar-refractivity contribution in [2.24, 2.45) is 0 Å². The Balaban J connectivity index is 1.84. The molecule has 0 unspecified atom stereocenters. The van der Waals surface area contributed by atoms with Gasteiger partial charge in [-0.3, -0.25) is 9.69 Å². The van der Waals surface area contributed by atoms with Crippen molar-refractivity contribution in [1.82, 2.24) is 14.9 Å². The van der Waals surface area contributed by atoms with Crippen LogP contribution < -0.4 is 15.5 Å². The van der Waals surface area contributed by atoms with E-state index in [1.54, 1.807) is 24.5 Å². The summed E-state index contributed by atoms with van der Waals surface area (Å²) >= 11 is 6.58. The van der Waals surface area contributed by atoms with Crippen molar-refractivity contribution in [1.29, 1.82) is 0 Å². The first kappa shape index (κ1) is 25.9. The topological polar surface area (TPSA) is 95.7 Å². The Bertz CT molecular complexity index is 1550. The van der Waals surface area contributed by atoms with Crippen LogP contribution in [0.15, 0.2) is 59.7 Å². The van der Waals surface area contributed by atoms with Gasteiger partial charge in [-0.25, -0.2) is 4.79 Å². The first-order valence-electron chi connectivity index (χ1n) is 11.8. The summed E-state index contributed by atoms with van der Waals surface area (Å²) in [5.74, 6) is 0.0940.